The second-order valence-electron chi connectivity index (χ2n) is 4.54. The van der Waals surface area contributed by atoms with E-state index in [9.17, 15) is 9.59 Å². The molecule has 1 aliphatic rings. The van der Waals surface area contributed by atoms with Gasteiger partial charge in [-0.25, -0.2) is 4.98 Å². The van der Waals surface area contributed by atoms with Crippen molar-refractivity contribution in [2.75, 3.05) is 13.1 Å². The molecule has 7 nitrogen and oxygen atoms in total. The number of carboxylic acid groups (broad SMARTS) is 1. The van der Waals surface area contributed by atoms with Crippen LogP contribution in [0, 0.1) is 11.3 Å². The molecule has 1 aromatic heterocycles. The average molecular weight is 274 g/mol. The molecule has 0 spiro atoms. The number of nitriles is 1. The SMILES string of the molecule is N#Cc1cc(CN2CCNC(=O)C2CC(=O)O)ccn1. The van der Waals surface area contributed by atoms with Gasteiger partial charge in [0.25, 0.3) is 0 Å². The van der Waals surface area contributed by atoms with Gasteiger partial charge in [-0.3, -0.25) is 14.5 Å². The van der Waals surface area contributed by atoms with Gasteiger partial charge in [0.15, 0.2) is 0 Å². The van der Waals surface area contributed by atoms with Crippen LogP contribution >= 0.6 is 0 Å². The molecule has 2 rings (SSSR count). The maximum absolute atomic E-state index is 11.8. The second-order valence-corrected chi connectivity index (χ2v) is 4.54. The van der Waals surface area contributed by atoms with Crippen molar-refractivity contribution in [3.05, 3.63) is 29.6 Å². The van der Waals surface area contributed by atoms with Crippen molar-refractivity contribution < 1.29 is 14.7 Å². The minimum Gasteiger partial charge on any atom is -0.481 e. The van der Waals surface area contributed by atoms with Gasteiger partial charge in [0.05, 0.1) is 6.42 Å². The van der Waals surface area contributed by atoms with Gasteiger partial charge >= 0.3 is 5.97 Å². The van der Waals surface area contributed by atoms with Crippen molar-refractivity contribution in [2.45, 2.75) is 19.0 Å². The summed E-state index contributed by atoms with van der Waals surface area (Å²) in [6.45, 7) is 1.49. The van der Waals surface area contributed by atoms with E-state index < -0.39 is 12.0 Å². The van der Waals surface area contributed by atoms with Crippen molar-refractivity contribution in [2.24, 2.45) is 0 Å². The summed E-state index contributed by atoms with van der Waals surface area (Å²) in [5.74, 6) is -1.28. The van der Waals surface area contributed by atoms with Crippen molar-refractivity contribution in [1.29, 1.82) is 5.26 Å². The Hall–Kier alpha value is -2.46. The molecule has 1 amide bonds. The summed E-state index contributed by atoms with van der Waals surface area (Å²) >= 11 is 0. The molecule has 7 heteroatoms. The lowest BCUT2D eigenvalue weighted by Gasteiger charge is -2.34. The molecule has 1 atom stereocenters. The fourth-order valence-corrected chi connectivity index (χ4v) is 2.21. The molecular weight excluding hydrogens is 260 g/mol. The van der Waals surface area contributed by atoms with E-state index in [1.165, 1.54) is 6.20 Å². The summed E-state index contributed by atoms with van der Waals surface area (Å²) < 4.78 is 0. The van der Waals surface area contributed by atoms with E-state index in [1.54, 1.807) is 12.1 Å². The highest BCUT2D eigenvalue weighted by molar-refractivity contribution is 5.86. The maximum Gasteiger partial charge on any atom is 0.305 e. The molecule has 0 radical (unpaired) electrons. The van der Waals surface area contributed by atoms with Crippen molar-refractivity contribution >= 4 is 11.9 Å². The predicted octanol–water partition coefficient (Wildman–Crippen LogP) is -0.272. The standard InChI is InChI=1S/C13H14N4O3/c14-7-10-5-9(1-2-15-10)8-17-4-3-16-13(20)11(17)6-12(18)19/h1-2,5,11H,3-4,6,8H2,(H,16,20)(H,18,19). The Labute approximate surface area is 115 Å². The number of pyridine rings is 1. The number of amides is 1. The highest BCUT2D eigenvalue weighted by atomic mass is 16.4. The van der Waals surface area contributed by atoms with E-state index in [2.05, 4.69) is 10.3 Å². The van der Waals surface area contributed by atoms with Crippen molar-refractivity contribution in [3.63, 3.8) is 0 Å². The molecule has 0 aliphatic carbocycles. The summed E-state index contributed by atoms with van der Waals surface area (Å²) in [7, 11) is 0. The number of nitrogens with zero attached hydrogens (tertiary/aromatic N) is 3. The zero-order chi connectivity index (χ0) is 14.5. The van der Waals surface area contributed by atoms with Gasteiger partial charge in [0.1, 0.15) is 17.8 Å². The first-order valence-electron chi connectivity index (χ1n) is 6.18. The molecule has 1 fully saturated rings. The monoisotopic (exact) mass is 274 g/mol. The normalized spacial score (nSPS) is 19.1. The van der Waals surface area contributed by atoms with Gasteiger partial charge in [-0.05, 0) is 17.7 Å². The molecule has 1 aliphatic heterocycles. The molecule has 1 unspecified atom stereocenters. The Morgan fingerprint density at radius 2 is 2.45 bits per heavy atom. The average Bonchev–Trinajstić information content (AvgIpc) is 2.42. The minimum absolute atomic E-state index is 0.234. The van der Waals surface area contributed by atoms with Gasteiger partial charge in [-0.15, -0.1) is 0 Å². The topological polar surface area (TPSA) is 106 Å². The zero-order valence-electron chi connectivity index (χ0n) is 10.7. The number of piperazine rings is 1. The smallest absolute Gasteiger partial charge is 0.305 e. The molecule has 2 heterocycles. The van der Waals surface area contributed by atoms with Gasteiger partial charge in [-0.2, -0.15) is 5.26 Å². The lowest BCUT2D eigenvalue weighted by atomic mass is 10.1. The number of carboxylic acids is 1. The second kappa shape index (κ2) is 6.12. The van der Waals surface area contributed by atoms with Crippen LogP contribution in [0.3, 0.4) is 0 Å². The van der Waals surface area contributed by atoms with E-state index in [1.807, 2.05) is 11.0 Å². The third kappa shape index (κ3) is 3.30. The first-order valence-corrected chi connectivity index (χ1v) is 6.18. The number of hydrogen-bond donors (Lipinski definition) is 2. The summed E-state index contributed by atoms with van der Waals surface area (Å²) in [5, 5.41) is 20.4. The molecule has 2 N–H and O–H groups in total. The largest absolute Gasteiger partial charge is 0.481 e. The molecule has 20 heavy (non-hydrogen) atoms. The van der Waals surface area contributed by atoms with E-state index in [-0.39, 0.29) is 12.3 Å². The molecule has 0 bridgehead atoms. The third-order valence-electron chi connectivity index (χ3n) is 3.13. The lowest BCUT2D eigenvalue weighted by molar-refractivity contribution is -0.143. The molecule has 104 valence electrons. The van der Waals surface area contributed by atoms with Crippen LogP contribution in [0.5, 0.6) is 0 Å². The first-order chi connectivity index (χ1) is 9.60. The summed E-state index contributed by atoms with van der Waals surface area (Å²) in [6.07, 6.45) is 1.30. The number of nitrogens with one attached hydrogen (secondary N) is 1. The summed E-state index contributed by atoms with van der Waals surface area (Å²) in [5.41, 5.74) is 1.14. The van der Waals surface area contributed by atoms with Crippen molar-refractivity contribution in [1.82, 2.24) is 15.2 Å². The van der Waals surface area contributed by atoms with E-state index in [0.29, 0.717) is 25.3 Å². The number of rotatable bonds is 4. The Morgan fingerprint density at radius 3 is 3.15 bits per heavy atom. The van der Waals surface area contributed by atoms with Crippen LogP contribution in [0.1, 0.15) is 17.7 Å². The van der Waals surface area contributed by atoms with Crippen LogP contribution in [0.15, 0.2) is 18.3 Å². The van der Waals surface area contributed by atoms with Crippen molar-refractivity contribution in [3.8, 4) is 6.07 Å². The third-order valence-corrected chi connectivity index (χ3v) is 3.13. The summed E-state index contributed by atoms with van der Waals surface area (Å²) in [4.78, 5) is 28.3. The number of aromatic nitrogens is 1. The van der Waals surface area contributed by atoms with Gasteiger partial charge < -0.3 is 10.4 Å². The Kier molecular flexibility index (Phi) is 4.27. The van der Waals surface area contributed by atoms with Crippen LogP contribution in [0.4, 0.5) is 0 Å². The Morgan fingerprint density at radius 1 is 1.65 bits per heavy atom. The maximum atomic E-state index is 11.8. The van der Waals surface area contributed by atoms with Crippen LogP contribution in [0.25, 0.3) is 0 Å². The quantitative estimate of drug-likeness (QED) is 0.782. The van der Waals surface area contributed by atoms with Crippen LogP contribution in [0.2, 0.25) is 0 Å². The van der Waals surface area contributed by atoms with Crippen LogP contribution in [-0.2, 0) is 16.1 Å². The molecule has 1 aromatic rings. The van der Waals surface area contributed by atoms with E-state index >= 15 is 0 Å². The van der Waals surface area contributed by atoms with Crippen LogP contribution < -0.4 is 5.32 Å². The van der Waals surface area contributed by atoms with E-state index in [0.717, 1.165) is 5.56 Å². The predicted molar refractivity (Wildman–Crippen MR) is 68.4 cm³/mol. The number of aliphatic carboxylic acids is 1. The van der Waals surface area contributed by atoms with Gasteiger partial charge in [0, 0.05) is 25.8 Å². The molecule has 0 saturated carbocycles. The lowest BCUT2D eigenvalue weighted by Crippen LogP contribution is -2.55. The highest BCUT2D eigenvalue weighted by Crippen LogP contribution is 2.14. The summed E-state index contributed by atoms with van der Waals surface area (Å²) in [6, 6.07) is 4.67. The Bertz CT molecular complexity index is 567. The molecule has 0 aromatic carbocycles. The molecular formula is C13H14N4O3. The Balaban J connectivity index is 2.14. The fraction of sp³-hybridized carbons (Fsp3) is 0.385. The number of carbonyl (C=O) groups is 2. The number of hydrogen-bond acceptors (Lipinski definition) is 5. The fourth-order valence-electron chi connectivity index (χ4n) is 2.21. The van der Waals surface area contributed by atoms with Gasteiger partial charge in [0.2, 0.25) is 5.91 Å². The van der Waals surface area contributed by atoms with Crippen LogP contribution in [-0.4, -0.2) is 46.0 Å². The molecule has 1 saturated heterocycles. The highest BCUT2D eigenvalue weighted by Gasteiger charge is 2.31. The zero-order valence-corrected chi connectivity index (χ0v) is 10.7. The number of carbonyl (C=O) groups excluding carboxylic acids is 1. The van der Waals surface area contributed by atoms with E-state index in [4.69, 9.17) is 10.4 Å². The van der Waals surface area contributed by atoms with Gasteiger partial charge in [-0.1, -0.05) is 0 Å². The first kappa shape index (κ1) is 14.0. The minimum atomic E-state index is -1.01.